The average molecular weight is 272 g/mol. The van der Waals surface area contributed by atoms with Gasteiger partial charge in [-0.1, -0.05) is 0 Å². The van der Waals surface area contributed by atoms with Gasteiger partial charge in [0.25, 0.3) is 0 Å². The molecule has 0 bridgehead atoms. The lowest BCUT2D eigenvalue weighted by atomic mass is 10.1. The van der Waals surface area contributed by atoms with E-state index in [0.29, 0.717) is 6.04 Å². The standard InChI is InChI=1S/C17H24N2O/c1-13-12-15(19(3)4)8-10-17(13)18-14(2)7-9-16-6-5-11-20-16/h5-6,8,10-12,14,18H,7,9H2,1-4H3. The van der Waals surface area contributed by atoms with E-state index in [4.69, 9.17) is 4.42 Å². The Hall–Kier alpha value is -1.90. The molecule has 0 aliphatic carbocycles. The van der Waals surface area contributed by atoms with Gasteiger partial charge in [-0.15, -0.1) is 0 Å². The Kier molecular flexibility index (Phi) is 4.72. The third kappa shape index (κ3) is 3.80. The fourth-order valence-corrected chi connectivity index (χ4v) is 2.24. The maximum atomic E-state index is 5.37. The van der Waals surface area contributed by atoms with Crippen LogP contribution in [0.5, 0.6) is 0 Å². The van der Waals surface area contributed by atoms with Gasteiger partial charge in [0.05, 0.1) is 6.26 Å². The zero-order chi connectivity index (χ0) is 14.5. The number of furan rings is 1. The van der Waals surface area contributed by atoms with Crippen molar-refractivity contribution in [3.05, 3.63) is 47.9 Å². The zero-order valence-electron chi connectivity index (χ0n) is 12.8. The molecule has 0 aliphatic heterocycles. The number of aryl methyl sites for hydroxylation is 2. The highest BCUT2D eigenvalue weighted by atomic mass is 16.3. The van der Waals surface area contributed by atoms with Gasteiger partial charge in [-0.3, -0.25) is 0 Å². The number of nitrogens with zero attached hydrogens (tertiary/aromatic N) is 1. The number of rotatable bonds is 6. The van der Waals surface area contributed by atoms with Crippen molar-refractivity contribution in [3.63, 3.8) is 0 Å². The van der Waals surface area contributed by atoms with Crippen molar-refractivity contribution < 1.29 is 4.42 Å². The van der Waals surface area contributed by atoms with Crippen LogP contribution in [0.2, 0.25) is 0 Å². The van der Waals surface area contributed by atoms with Crippen LogP contribution < -0.4 is 10.2 Å². The number of hydrogen-bond donors (Lipinski definition) is 1. The van der Waals surface area contributed by atoms with Gasteiger partial charge in [0.15, 0.2) is 0 Å². The Morgan fingerprint density at radius 3 is 2.65 bits per heavy atom. The molecule has 0 amide bonds. The van der Waals surface area contributed by atoms with Gasteiger partial charge < -0.3 is 14.6 Å². The van der Waals surface area contributed by atoms with Crippen LogP contribution in [-0.4, -0.2) is 20.1 Å². The minimum atomic E-state index is 0.420. The van der Waals surface area contributed by atoms with E-state index in [2.05, 4.69) is 56.4 Å². The van der Waals surface area contributed by atoms with E-state index < -0.39 is 0 Å². The highest BCUT2D eigenvalue weighted by Crippen LogP contribution is 2.22. The first kappa shape index (κ1) is 14.5. The van der Waals surface area contributed by atoms with Crippen molar-refractivity contribution in [1.29, 1.82) is 0 Å². The molecule has 3 nitrogen and oxygen atoms in total. The van der Waals surface area contributed by atoms with Crippen molar-refractivity contribution >= 4 is 11.4 Å². The predicted octanol–water partition coefficient (Wildman–Crippen LogP) is 4.09. The number of hydrogen-bond acceptors (Lipinski definition) is 3. The Bertz CT molecular complexity index is 532. The molecular weight excluding hydrogens is 248 g/mol. The second kappa shape index (κ2) is 6.51. The third-order valence-electron chi connectivity index (χ3n) is 3.53. The lowest BCUT2D eigenvalue weighted by Crippen LogP contribution is -2.17. The number of anilines is 2. The van der Waals surface area contributed by atoms with E-state index in [9.17, 15) is 0 Å². The molecule has 0 saturated heterocycles. The van der Waals surface area contributed by atoms with Crippen LogP contribution in [0.15, 0.2) is 41.0 Å². The van der Waals surface area contributed by atoms with Crippen molar-refractivity contribution in [2.75, 3.05) is 24.3 Å². The molecule has 1 unspecified atom stereocenters. The summed E-state index contributed by atoms with van der Waals surface area (Å²) in [6, 6.07) is 10.9. The van der Waals surface area contributed by atoms with Gasteiger partial charge >= 0.3 is 0 Å². The van der Waals surface area contributed by atoms with Gasteiger partial charge in [0.1, 0.15) is 5.76 Å². The summed E-state index contributed by atoms with van der Waals surface area (Å²) in [4.78, 5) is 2.12. The lowest BCUT2D eigenvalue weighted by Gasteiger charge is -2.19. The molecule has 1 atom stereocenters. The smallest absolute Gasteiger partial charge is 0.103 e. The van der Waals surface area contributed by atoms with E-state index in [1.807, 2.05) is 12.1 Å². The molecule has 0 saturated carbocycles. The van der Waals surface area contributed by atoms with Crippen LogP contribution in [0.3, 0.4) is 0 Å². The largest absolute Gasteiger partial charge is 0.469 e. The van der Waals surface area contributed by atoms with Crippen LogP contribution in [-0.2, 0) is 6.42 Å². The van der Waals surface area contributed by atoms with Crippen LogP contribution in [0.4, 0.5) is 11.4 Å². The van der Waals surface area contributed by atoms with Crippen LogP contribution >= 0.6 is 0 Å². The first-order valence-corrected chi connectivity index (χ1v) is 7.13. The Balaban J connectivity index is 1.92. The van der Waals surface area contributed by atoms with Crippen LogP contribution in [0.25, 0.3) is 0 Å². The molecular formula is C17H24N2O. The summed E-state index contributed by atoms with van der Waals surface area (Å²) in [6.45, 7) is 4.36. The molecule has 1 heterocycles. The Morgan fingerprint density at radius 2 is 2.05 bits per heavy atom. The molecule has 20 heavy (non-hydrogen) atoms. The Labute approximate surface area is 121 Å². The van der Waals surface area contributed by atoms with Crippen molar-refractivity contribution in [3.8, 4) is 0 Å². The fourth-order valence-electron chi connectivity index (χ4n) is 2.24. The molecule has 0 radical (unpaired) electrons. The molecule has 108 valence electrons. The topological polar surface area (TPSA) is 28.4 Å². The summed E-state index contributed by atoms with van der Waals surface area (Å²) in [5.41, 5.74) is 3.72. The van der Waals surface area contributed by atoms with Gasteiger partial charge in [-0.05, 0) is 56.2 Å². The molecule has 1 N–H and O–H groups in total. The zero-order valence-corrected chi connectivity index (χ0v) is 12.8. The molecule has 0 spiro atoms. The molecule has 3 heteroatoms. The summed E-state index contributed by atoms with van der Waals surface area (Å²) in [5, 5.41) is 3.58. The van der Waals surface area contributed by atoms with Gasteiger partial charge in [0, 0.05) is 37.9 Å². The minimum Gasteiger partial charge on any atom is -0.469 e. The van der Waals surface area contributed by atoms with E-state index in [1.165, 1.54) is 16.9 Å². The lowest BCUT2D eigenvalue weighted by molar-refractivity contribution is 0.495. The average Bonchev–Trinajstić information content (AvgIpc) is 2.91. The molecule has 1 aromatic carbocycles. The second-order valence-corrected chi connectivity index (χ2v) is 5.56. The highest BCUT2D eigenvalue weighted by molar-refractivity contribution is 5.60. The minimum absolute atomic E-state index is 0.420. The SMILES string of the molecule is Cc1cc(N(C)C)ccc1NC(C)CCc1ccco1. The maximum Gasteiger partial charge on any atom is 0.103 e. The Morgan fingerprint density at radius 1 is 1.25 bits per heavy atom. The summed E-state index contributed by atoms with van der Waals surface area (Å²) in [6.07, 6.45) is 3.76. The van der Waals surface area contributed by atoms with Gasteiger partial charge in [-0.25, -0.2) is 0 Å². The quantitative estimate of drug-likeness (QED) is 0.858. The summed E-state index contributed by atoms with van der Waals surface area (Å²) < 4.78 is 5.37. The predicted molar refractivity (Wildman–Crippen MR) is 85.6 cm³/mol. The number of nitrogens with one attached hydrogen (secondary N) is 1. The van der Waals surface area contributed by atoms with Gasteiger partial charge in [0.2, 0.25) is 0 Å². The second-order valence-electron chi connectivity index (χ2n) is 5.56. The third-order valence-corrected chi connectivity index (χ3v) is 3.53. The monoisotopic (exact) mass is 272 g/mol. The fraction of sp³-hybridized carbons (Fsp3) is 0.412. The van der Waals surface area contributed by atoms with Gasteiger partial charge in [-0.2, -0.15) is 0 Å². The molecule has 0 aliphatic rings. The molecule has 2 aromatic rings. The highest BCUT2D eigenvalue weighted by Gasteiger charge is 2.07. The first-order chi connectivity index (χ1) is 9.56. The van der Waals surface area contributed by atoms with Crippen molar-refractivity contribution in [1.82, 2.24) is 0 Å². The molecule has 0 fully saturated rings. The van der Waals surface area contributed by atoms with Crippen molar-refractivity contribution in [2.45, 2.75) is 32.7 Å². The summed E-state index contributed by atoms with van der Waals surface area (Å²) >= 11 is 0. The summed E-state index contributed by atoms with van der Waals surface area (Å²) in [7, 11) is 4.13. The van der Waals surface area contributed by atoms with E-state index in [-0.39, 0.29) is 0 Å². The van der Waals surface area contributed by atoms with E-state index >= 15 is 0 Å². The number of benzene rings is 1. The maximum absolute atomic E-state index is 5.37. The van der Waals surface area contributed by atoms with E-state index in [0.717, 1.165) is 18.6 Å². The van der Waals surface area contributed by atoms with Crippen LogP contribution in [0.1, 0.15) is 24.7 Å². The van der Waals surface area contributed by atoms with Crippen LogP contribution in [0, 0.1) is 6.92 Å². The van der Waals surface area contributed by atoms with E-state index in [1.54, 1.807) is 6.26 Å². The molecule has 2 rings (SSSR count). The molecule has 1 aromatic heterocycles. The van der Waals surface area contributed by atoms with Crippen molar-refractivity contribution in [2.24, 2.45) is 0 Å². The summed E-state index contributed by atoms with van der Waals surface area (Å²) in [5.74, 6) is 1.05. The normalized spacial score (nSPS) is 12.2. The first-order valence-electron chi connectivity index (χ1n) is 7.13.